The van der Waals surface area contributed by atoms with Gasteiger partial charge in [0.2, 0.25) is 0 Å². The minimum atomic E-state index is -0.847. The molecule has 0 radical (unpaired) electrons. The Morgan fingerprint density at radius 2 is 1.78 bits per heavy atom. The van der Waals surface area contributed by atoms with E-state index in [0.29, 0.717) is 18.4 Å². The molecule has 1 N–H and O–H groups in total. The number of hydrogen-bond donors (Lipinski definition) is 1. The minimum absolute atomic E-state index is 0.00646. The van der Waals surface area contributed by atoms with Crippen LogP contribution in [0, 0.1) is 12.7 Å². The number of amides is 1. The lowest BCUT2D eigenvalue weighted by atomic mass is 10.1. The zero-order valence-electron chi connectivity index (χ0n) is 18.7. The molecule has 7 nitrogen and oxygen atoms in total. The standard InChI is InChI=1S/C24H27FN2O5/c1-16-12-18(25)13-19(22(29)31-4)21(16)26-23(30)24(10-11-24)27(2,3)14-20(28)32-15-17-8-6-5-7-9-17/h5-9,12-13H,10-11,14-15H2,1-4H3/p+1. The molecule has 0 heterocycles. The molecule has 0 spiro atoms. The van der Waals surface area contributed by atoms with Gasteiger partial charge in [-0.25, -0.2) is 14.0 Å². The van der Waals surface area contributed by atoms with Gasteiger partial charge in [-0.2, -0.15) is 0 Å². The summed E-state index contributed by atoms with van der Waals surface area (Å²) in [5.41, 5.74) is 0.595. The van der Waals surface area contributed by atoms with Crippen LogP contribution in [0.25, 0.3) is 0 Å². The smallest absolute Gasteiger partial charge is 0.362 e. The van der Waals surface area contributed by atoms with Crippen molar-refractivity contribution in [3.05, 3.63) is 65.0 Å². The third kappa shape index (κ3) is 4.80. The first-order valence-corrected chi connectivity index (χ1v) is 10.3. The predicted octanol–water partition coefficient (Wildman–Crippen LogP) is 3.21. The Morgan fingerprint density at radius 1 is 1.12 bits per heavy atom. The van der Waals surface area contributed by atoms with Gasteiger partial charge in [0, 0.05) is 12.8 Å². The molecular formula is C24H28FN2O5+. The van der Waals surface area contributed by atoms with Gasteiger partial charge < -0.3 is 19.3 Å². The third-order valence-corrected chi connectivity index (χ3v) is 6.02. The quantitative estimate of drug-likeness (QED) is 0.501. The highest BCUT2D eigenvalue weighted by Crippen LogP contribution is 2.46. The summed E-state index contributed by atoms with van der Waals surface area (Å²) in [5, 5.41) is 2.79. The minimum Gasteiger partial charge on any atom is -0.465 e. The maximum Gasteiger partial charge on any atom is 0.362 e. The summed E-state index contributed by atoms with van der Waals surface area (Å²) in [5.74, 6) is -2.09. The van der Waals surface area contributed by atoms with Crippen LogP contribution in [-0.4, -0.2) is 55.6 Å². The molecule has 0 saturated heterocycles. The molecule has 0 unspecified atom stereocenters. The lowest BCUT2D eigenvalue weighted by Crippen LogP contribution is -2.59. The number of hydrogen-bond acceptors (Lipinski definition) is 5. The number of carbonyl (C=O) groups is 3. The Hall–Kier alpha value is -3.26. The van der Waals surface area contributed by atoms with E-state index >= 15 is 0 Å². The van der Waals surface area contributed by atoms with Gasteiger partial charge in [0.25, 0.3) is 5.91 Å². The molecular weight excluding hydrogens is 415 g/mol. The van der Waals surface area contributed by atoms with Gasteiger partial charge in [0.05, 0.1) is 32.5 Å². The first-order valence-electron chi connectivity index (χ1n) is 10.3. The van der Waals surface area contributed by atoms with Crippen LogP contribution in [-0.2, 0) is 25.7 Å². The van der Waals surface area contributed by atoms with Crippen molar-refractivity contribution in [1.29, 1.82) is 0 Å². The summed E-state index contributed by atoms with van der Waals surface area (Å²) in [6, 6.07) is 11.6. The van der Waals surface area contributed by atoms with Crippen LogP contribution in [0.5, 0.6) is 0 Å². The van der Waals surface area contributed by atoms with Gasteiger partial charge in [-0.3, -0.25) is 4.79 Å². The number of methoxy groups -OCH3 is 1. The number of halogens is 1. The zero-order chi connectivity index (χ0) is 23.5. The predicted molar refractivity (Wildman–Crippen MR) is 116 cm³/mol. The number of anilines is 1. The first-order chi connectivity index (χ1) is 15.1. The lowest BCUT2D eigenvalue weighted by molar-refractivity contribution is -0.909. The SMILES string of the molecule is COC(=O)c1cc(F)cc(C)c1NC(=O)C1([N+](C)(C)CC(=O)OCc2ccccc2)CC1. The van der Waals surface area contributed by atoms with Crippen molar-refractivity contribution in [2.45, 2.75) is 31.9 Å². The molecule has 8 heteroatoms. The van der Waals surface area contributed by atoms with Gasteiger partial charge in [0.15, 0.2) is 12.1 Å². The monoisotopic (exact) mass is 443 g/mol. The second-order valence-electron chi connectivity index (χ2n) is 8.61. The second-order valence-corrected chi connectivity index (χ2v) is 8.61. The number of aryl methyl sites for hydroxylation is 1. The Morgan fingerprint density at radius 3 is 2.38 bits per heavy atom. The number of carbonyl (C=O) groups excluding carboxylic acids is 3. The second kappa shape index (κ2) is 9.08. The number of quaternary nitrogens is 1. The Labute approximate surface area is 186 Å². The average molecular weight is 443 g/mol. The molecule has 170 valence electrons. The van der Waals surface area contributed by atoms with E-state index in [0.717, 1.165) is 11.6 Å². The zero-order valence-corrected chi connectivity index (χ0v) is 18.7. The van der Waals surface area contributed by atoms with Crippen molar-refractivity contribution in [3.63, 3.8) is 0 Å². The molecule has 0 aliphatic heterocycles. The number of nitrogens with one attached hydrogen (secondary N) is 1. The molecule has 3 rings (SSSR count). The van der Waals surface area contributed by atoms with E-state index in [9.17, 15) is 18.8 Å². The van der Waals surface area contributed by atoms with Crippen LogP contribution in [0.3, 0.4) is 0 Å². The molecule has 2 aromatic rings. The van der Waals surface area contributed by atoms with E-state index in [1.807, 2.05) is 30.3 Å². The number of esters is 2. The number of benzene rings is 2. The first kappa shape index (κ1) is 23.4. The summed E-state index contributed by atoms with van der Waals surface area (Å²) < 4.78 is 24.1. The van der Waals surface area contributed by atoms with E-state index in [-0.39, 0.29) is 34.8 Å². The van der Waals surface area contributed by atoms with E-state index in [2.05, 4.69) is 5.32 Å². The van der Waals surface area contributed by atoms with E-state index in [1.165, 1.54) is 13.2 Å². The molecule has 1 aliphatic rings. The number of rotatable bonds is 8. The molecule has 1 amide bonds. The number of ether oxygens (including phenoxy) is 2. The fourth-order valence-electron chi connectivity index (χ4n) is 3.89. The van der Waals surface area contributed by atoms with Crippen molar-refractivity contribution in [1.82, 2.24) is 0 Å². The molecule has 0 bridgehead atoms. The van der Waals surface area contributed by atoms with Crippen molar-refractivity contribution >= 4 is 23.5 Å². The van der Waals surface area contributed by atoms with Gasteiger partial charge in [-0.15, -0.1) is 0 Å². The molecule has 2 aromatic carbocycles. The lowest BCUT2D eigenvalue weighted by Gasteiger charge is -2.36. The molecule has 1 fully saturated rings. The number of likely N-dealkylation sites (N-methyl/N-ethyl adjacent to an activating group) is 1. The van der Waals surface area contributed by atoms with Gasteiger partial charge in [0.1, 0.15) is 12.4 Å². The van der Waals surface area contributed by atoms with Crippen molar-refractivity contribution in [2.75, 3.05) is 33.1 Å². The number of nitrogens with zero attached hydrogens (tertiary/aromatic N) is 1. The fourth-order valence-corrected chi connectivity index (χ4v) is 3.89. The van der Waals surface area contributed by atoms with Crippen molar-refractivity contribution in [2.24, 2.45) is 0 Å². The average Bonchev–Trinajstić information content (AvgIpc) is 3.56. The Kier molecular flexibility index (Phi) is 6.64. The molecule has 1 aliphatic carbocycles. The largest absolute Gasteiger partial charge is 0.465 e. The highest BCUT2D eigenvalue weighted by Gasteiger charge is 2.63. The van der Waals surface area contributed by atoms with Crippen LogP contribution in [0.4, 0.5) is 10.1 Å². The van der Waals surface area contributed by atoms with Crippen LogP contribution in [0.1, 0.15) is 34.3 Å². The highest BCUT2D eigenvalue weighted by molar-refractivity contribution is 6.05. The van der Waals surface area contributed by atoms with E-state index < -0.39 is 23.3 Å². The van der Waals surface area contributed by atoms with Crippen LogP contribution >= 0.6 is 0 Å². The van der Waals surface area contributed by atoms with Gasteiger partial charge in [-0.05, 0) is 30.2 Å². The summed E-state index contributed by atoms with van der Waals surface area (Å²) >= 11 is 0. The highest BCUT2D eigenvalue weighted by atomic mass is 19.1. The van der Waals surface area contributed by atoms with Crippen LogP contribution < -0.4 is 5.32 Å². The molecule has 32 heavy (non-hydrogen) atoms. The van der Waals surface area contributed by atoms with Crippen molar-refractivity contribution < 1.29 is 32.7 Å². The summed E-state index contributed by atoms with van der Waals surface area (Å²) in [7, 11) is 4.79. The van der Waals surface area contributed by atoms with Crippen molar-refractivity contribution in [3.8, 4) is 0 Å². The summed E-state index contributed by atoms with van der Waals surface area (Å²) in [6.07, 6.45) is 1.15. The van der Waals surface area contributed by atoms with Gasteiger partial charge >= 0.3 is 11.9 Å². The Balaban J connectivity index is 1.73. The van der Waals surface area contributed by atoms with E-state index in [4.69, 9.17) is 9.47 Å². The maximum atomic E-state index is 13.8. The van der Waals surface area contributed by atoms with Crippen LogP contribution in [0.15, 0.2) is 42.5 Å². The summed E-state index contributed by atoms with van der Waals surface area (Å²) in [6.45, 7) is 1.77. The van der Waals surface area contributed by atoms with Gasteiger partial charge in [-0.1, -0.05) is 30.3 Å². The molecule has 0 atom stereocenters. The van der Waals surface area contributed by atoms with E-state index in [1.54, 1.807) is 21.0 Å². The maximum absolute atomic E-state index is 13.8. The normalized spacial score (nSPS) is 14.4. The Bertz CT molecular complexity index is 1030. The summed E-state index contributed by atoms with van der Waals surface area (Å²) in [4.78, 5) is 37.9. The fraction of sp³-hybridized carbons (Fsp3) is 0.375. The van der Waals surface area contributed by atoms with Crippen LogP contribution in [0.2, 0.25) is 0 Å². The third-order valence-electron chi connectivity index (χ3n) is 6.02. The molecule has 0 aromatic heterocycles. The molecule has 1 saturated carbocycles. The topological polar surface area (TPSA) is 81.7 Å².